The number of ketones is 1. The number of allylic oxidation sites excluding steroid dienone is 4. The molecule has 0 saturated carbocycles. The average molecular weight is 273 g/mol. The van der Waals surface area contributed by atoms with Crippen molar-refractivity contribution in [2.24, 2.45) is 4.40 Å². The maximum atomic E-state index is 11.6. The number of nitrogens with zero attached hydrogens (tertiary/aromatic N) is 1. The van der Waals surface area contributed by atoms with Crippen LogP contribution in [0.3, 0.4) is 0 Å². The fraction of sp³-hybridized carbons (Fsp3) is 0.200. The molecule has 1 aromatic carbocycles. The van der Waals surface area contributed by atoms with Crippen LogP contribution in [0.25, 0.3) is 0 Å². The second-order valence-electron chi connectivity index (χ2n) is 4.27. The molecule has 0 spiro atoms. The first-order valence-electron chi connectivity index (χ1n) is 5.90. The summed E-state index contributed by atoms with van der Waals surface area (Å²) >= 11 is 1.38. The van der Waals surface area contributed by atoms with Crippen molar-refractivity contribution in [3.8, 4) is 5.75 Å². The van der Waals surface area contributed by atoms with Crippen LogP contribution in [0.5, 0.6) is 5.75 Å². The fourth-order valence-electron chi connectivity index (χ4n) is 1.72. The molecule has 0 atom stereocenters. The van der Waals surface area contributed by atoms with E-state index in [1.165, 1.54) is 11.9 Å². The van der Waals surface area contributed by atoms with Gasteiger partial charge in [0.2, 0.25) is 0 Å². The Bertz CT molecular complexity index is 559. The number of hydrogen-bond donors (Lipinski definition) is 0. The number of benzene rings is 1. The lowest BCUT2D eigenvalue weighted by molar-refractivity contribution is -0.112. The van der Waals surface area contributed by atoms with Crippen LogP contribution < -0.4 is 4.74 Å². The van der Waals surface area contributed by atoms with Crippen LogP contribution in [0, 0.1) is 0 Å². The van der Waals surface area contributed by atoms with Crippen molar-refractivity contribution in [2.75, 3.05) is 7.11 Å². The van der Waals surface area contributed by atoms with E-state index in [-0.39, 0.29) is 5.78 Å². The van der Waals surface area contributed by atoms with E-state index in [4.69, 9.17) is 4.74 Å². The standard InChI is InChI=1S/C15H15NO2S/c1-10-8-12(9-11(2)15(10)17)16-19-14-6-4-13(18-3)5-7-14/h4-9H,1-3H3. The molecule has 0 fully saturated rings. The van der Waals surface area contributed by atoms with Crippen molar-refractivity contribution in [2.45, 2.75) is 18.7 Å². The maximum absolute atomic E-state index is 11.6. The highest BCUT2D eigenvalue weighted by Crippen LogP contribution is 2.23. The van der Waals surface area contributed by atoms with Crippen LogP contribution in [0.2, 0.25) is 0 Å². The Balaban J connectivity index is 2.12. The lowest BCUT2D eigenvalue weighted by Gasteiger charge is -2.08. The zero-order chi connectivity index (χ0) is 13.8. The largest absolute Gasteiger partial charge is 0.497 e. The molecule has 4 heteroatoms. The number of carbonyl (C=O) groups excluding carboxylic acids is 1. The van der Waals surface area contributed by atoms with Crippen LogP contribution in [0.1, 0.15) is 13.8 Å². The van der Waals surface area contributed by atoms with Crippen molar-refractivity contribution >= 4 is 23.4 Å². The fourth-order valence-corrected chi connectivity index (χ4v) is 2.30. The van der Waals surface area contributed by atoms with Crippen molar-refractivity contribution in [1.29, 1.82) is 0 Å². The molecular formula is C15H15NO2S. The summed E-state index contributed by atoms with van der Waals surface area (Å²) in [5.74, 6) is 0.917. The van der Waals surface area contributed by atoms with Gasteiger partial charge in [0, 0.05) is 16.8 Å². The molecule has 0 aliphatic heterocycles. The molecule has 0 bridgehead atoms. The zero-order valence-electron chi connectivity index (χ0n) is 11.1. The number of hydrogen-bond acceptors (Lipinski definition) is 4. The normalized spacial score (nSPS) is 14.9. The van der Waals surface area contributed by atoms with E-state index in [2.05, 4.69) is 4.40 Å². The van der Waals surface area contributed by atoms with Gasteiger partial charge in [0.05, 0.1) is 12.8 Å². The lowest BCUT2D eigenvalue weighted by Crippen LogP contribution is -2.10. The van der Waals surface area contributed by atoms with E-state index in [0.29, 0.717) is 0 Å². The molecule has 0 heterocycles. The van der Waals surface area contributed by atoms with Gasteiger partial charge in [-0.3, -0.25) is 4.79 Å². The summed E-state index contributed by atoms with van der Waals surface area (Å²) < 4.78 is 9.53. The van der Waals surface area contributed by atoms with E-state index in [1.54, 1.807) is 7.11 Å². The first-order chi connectivity index (χ1) is 9.10. The molecule has 0 amide bonds. The molecular weight excluding hydrogens is 258 g/mol. The summed E-state index contributed by atoms with van der Waals surface area (Å²) in [5.41, 5.74) is 2.28. The molecule has 0 saturated heterocycles. The van der Waals surface area contributed by atoms with Gasteiger partial charge in [0.25, 0.3) is 0 Å². The minimum absolute atomic E-state index is 0.0911. The molecule has 98 valence electrons. The molecule has 2 rings (SSSR count). The topological polar surface area (TPSA) is 38.7 Å². The molecule has 0 unspecified atom stereocenters. The first kappa shape index (κ1) is 13.6. The zero-order valence-corrected chi connectivity index (χ0v) is 12.0. The van der Waals surface area contributed by atoms with Crippen molar-refractivity contribution in [3.63, 3.8) is 0 Å². The minimum atomic E-state index is 0.0911. The molecule has 0 aromatic heterocycles. The van der Waals surface area contributed by atoms with Gasteiger partial charge in [0.15, 0.2) is 5.78 Å². The summed E-state index contributed by atoms with van der Waals surface area (Å²) in [6.07, 6.45) is 3.62. The smallest absolute Gasteiger partial charge is 0.184 e. The van der Waals surface area contributed by atoms with Gasteiger partial charge >= 0.3 is 0 Å². The molecule has 1 aliphatic carbocycles. The van der Waals surface area contributed by atoms with Crippen LogP contribution in [-0.4, -0.2) is 18.6 Å². The number of methoxy groups -OCH3 is 1. The molecule has 19 heavy (non-hydrogen) atoms. The molecule has 0 radical (unpaired) electrons. The van der Waals surface area contributed by atoms with Gasteiger partial charge in [-0.05, 0) is 61.4 Å². The second-order valence-corrected chi connectivity index (χ2v) is 5.10. The van der Waals surface area contributed by atoms with Crippen LogP contribution in [-0.2, 0) is 4.79 Å². The monoisotopic (exact) mass is 273 g/mol. The third kappa shape index (κ3) is 3.35. The highest BCUT2D eigenvalue weighted by molar-refractivity contribution is 7.98. The van der Waals surface area contributed by atoms with Gasteiger partial charge in [0.1, 0.15) is 5.75 Å². The van der Waals surface area contributed by atoms with E-state index in [1.807, 2.05) is 50.3 Å². The predicted octanol–water partition coefficient (Wildman–Crippen LogP) is 3.62. The van der Waals surface area contributed by atoms with Crippen LogP contribution in [0.4, 0.5) is 0 Å². The van der Waals surface area contributed by atoms with Gasteiger partial charge in [-0.2, -0.15) is 0 Å². The molecule has 3 nitrogen and oxygen atoms in total. The minimum Gasteiger partial charge on any atom is -0.497 e. The van der Waals surface area contributed by atoms with Crippen molar-refractivity contribution < 1.29 is 9.53 Å². The number of rotatable bonds is 3. The van der Waals surface area contributed by atoms with E-state index < -0.39 is 0 Å². The number of Topliss-reactive ketones (excluding diaryl/α,β-unsaturated/α-hetero) is 1. The van der Waals surface area contributed by atoms with Crippen LogP contribution >= 0.6 is 11.9 Å². The summed E-state index contributed by atoms with van der Waals surface area (Å²) in [4.78, 5) is 12.6. The Labute approximate surface area is 117 Å². The number of carbonyl (C=O) groups is 1. The predicted molar refractivity (Wildman–Crippen MR) is 78.8 cm³/mol. The second kappa shape index (κ2) is 5.89. The van der Waals surface area contributed by atoms with E-state index in [0.717, 1.165) is 27.5 Å². The Morgan fingerprint density at radius 3 is 2.16 bits per heavy atom. The average Bonchev–Trinajstić information content (AvgIpc) is 2.43. The molecule has 1 aliphatic rings. The highest BCUT2D eigenvalue weighted by atomic mass is 32.2. The molecule has 1 aromatic rings. The third-order valence-electron chi connectivity index (χ3n) is 2.76. The SMILES string of the molecule is COc1ccc(SN=C2C=C(C)C(=O)C(C)=C2)cc1. The Morgan fingerprint density at radius 1 is 1.05 bits per heavy atom. The van der Waals surface area contributed by atoms with Gasteiger partial charge in [-0.15, -0.1) is 0 Å². The van der Waals surface area contributed by atoms with E-state index in [9.17, 15) is 4.79 Å². The van der Waals surface area contributed by atoms with Gasteiger partial charge < -0.3 is 4.74 Å². The molecule has 0 N–H and O–H groups in total. The third-order valence-corrected chi connectivity index (χ3v) is 3.55. The quantitative estimate of drug-likeness (QED) is 0.623. The summed E-state index contributed by atoms with van der Waals surface area (Å²) in [6, 6.07) is 7.70. The van der Waals surface area contributed by atoms with Crippen LogP contribution in [0.15, 0.2) is 56.9 Å². The maximum Gasteiger partial charge on any atom is 0.184 e. The summed E-state index contributed by atoms with van der Waals surface area (Å²) in [5, 5.41) is 0. The van der Waals surface area contributed by atoms with Gasteiger partial charge in [-0.25, -0.2) is 4.40 Å². The first-order valence-corrected chi connectivity index (χ1v) is 6.68. The summed E-state index contributed by atoms with van der Waals surface area (Å²) in [7, 11) is 1.64. The number of ether oxygens (including phenoxy) is 1. The van der Waals surface area contributed by atoms with Crippen molar-refractivity contribution in [3.05, 3.63) is 47.6 Å². The summed E-state index contributed by atoms with van der Waals surface area (Å²) in [6.45, 7) is 3.62. The van der Waals surface area contributed by atoms with Crippen molar-refractivity contribution in [1.82, 2.24) is 0 Å². The Hall–Kier alpha value is -1.81. The Kier molecular flexibility index (Phi) is 4.22. The highest BCUT2D eigenvalue weighted by Gasteiger charge is 2.13. The van der Waals surface area contributed by atoms with E-state index >= 15 is 0 Å². The lowest BCUT2D eigenvalue weighted by atomic mass is 9.98. The Morgan fingerprint density at radius 2 is 1.63 bits per heavy atom. The van der Waals surface area contributed by atoms with Gasteiger partial charge in [-0.1, -0.05) is 0 Å².